The van der Waals surface area contributed by atoms with Crippen molar-refractivity contribution in [2.45, 2.75) is 37.6 Å². The van der Waals surface area contributed by atoms with Gasteiger partial charge >= 0.3 is 0 Å². The number of β-amino-alcohol motifs (C(OH)–C–C–N with tert-alkyl or cyclic N) is 1. The Balaban J connectivity index is 1.75. The van der Waals surface area contributed by atoms with Crippen molar-refractivity contribution >= 4 is 0 Å². The topological polar surface area (TPSA) is 41.5 Å². The van der Waals surface area contributed by atoms with Crippen LogP contribution in [0.15, 0.2) is 0 Å². The summed E-state index contributed by atoms with van der Waals surface area (Å²) in [7, 11) is 0. The molecule has 2 N–H and O–H groups in total. The minimum atomic E-state index is -0.282. The molecule has 1 aliphatic heterocycles. The van der Waals surface area contributed by atoms with Crippen LogP contribution in [0.5, 0.6) is 0 Å². The van der Waals surface area contributed by atoms with Gasteiger partial charge in [-0.15, -0.1) is 0 Å². The molecule has 3 nitrogen and oxygen atoms in total. The molecule has 0 amide bonds. The molecule has 1 aliphatic carbocycles. The molecule has 2 fully saturated rings. The van der Waals surface area contributed by atoms with Crippen molar-refractivity contribution in [3.63, 3.8) is 0 Å². The summed E-state index contributed by atoms with van der Waals surface area (Å²) >= 11 is 0. The van der Waals surface area contributed by atoms with Crippen LogP contribution in [0.1, 0.15) is 19.3 Å². The predicted molar refractivity (Wildman–Crippen MR) is 41.4 cm³/mol. The Hall–Kier alpha value is -0.120. The molecule has 0 aromatic heterocycles. The van der Waals surface area contributed by atoms with E-state index in [1.165, 1.54) is 19.3 Å². The van der Waals surface area contributed by atoms with Gasteiger partial charge in [-0.05, 0) is 19.3 Å². The van der Waals surface area contributed by atoms with Crippen LogP contribution in [0.25, 0.3) is 0 Å². The highest BCUT2D eigenvalue weighted by molar-refractivity contribution is 4.83. The molecule has 1 saturated heterocycles. The molecular formula is C8H15NO2. The Morgan fingerprint density at radius 2 is 2.09 bits per heavy atom. The van der Waals surface area contributed by atoms with Crippen molar-refractivity contribution in [3.8, 4) is 0 Å². The summed E-state index contributed by atoms with van der Waals surface area (Å²) < 4.78 is 5.65. The van der Waals surface area contributed by atoms with Crippen LogP contribution in [0.4, 0.5) is 0 Å². The Bertz CT molecular complexity index is 136. The summed E-state index contributed by atoms with van der Waals surface area (Å²) in [6.07, 6.45) is 3.87. The van der Waals surface area contributed by atoms with Gasteiger partial charge in [-0.25, -0.2) is 0 Å². The van der Waals surface area contributed by atoms with Crippen LogP contribution in [0, 0.1) is 0 Å². The van der Waals surface area contributed by atoms with Crippen molar-refractivity contribution in [2.75, 3.05) is 13.1 Å². The van der Waals surface area contributed by atoms with E-state index >= 15 is 0 Å². The second-order valence-corrected chi connectivity index (χ2v) is 3.45. The van der Waals surface area contributed by atoms with Gasteiger partial charge in [0.2, 0.25) is 0 Å². The monoisotopic (exact) mass is 157 g/mol. The first-order chi connectivity index (χ1) is 5.36. The summed E-state index contributed by atoms with van der Waals surface area (Å²) in [6, 6.07) is 0. The van der Waals surface area contributed by atoms with E-state index in [9.17, 15) is 5.11 Å². The average Bonchev–Trinajstić information content (AvgIpc) is 2.27. The average molecular weight is 157 g/mol. The third kappa shape index (κ3) is 1.55. The summed E-state index contributed by atoms with van der Waals surface area (Å²) in [5.41, 5.74) is 0. The van der Waals surface area contributed by atoms with Gasteiger partial charge in [-0.3, -0.25) is 0 Å². The van der Waals surface area contributed by atoms with Crippen molar-refractivity contribution in [2.24, 2.45) is 0 Å². The Morgan fingerprint density at radius 1 is 1.27 bits per heavy atom. The number of ether oxygens (including phenoxy) is 1. The number of hydrogen-bond acceptors (Lipinski definition) is 3. The van der Waals surface area contributed by atoms with Crippen LogP contribution in [-0.2, 0) is 4.74 Å². The van der Waals surface area contributed by atoms with E-state index in [1.807, 2.05) is 0 Å². The van der Waals surface area contributed by atoms with Gasteiger partial charge < -0.3 is 15.2 Å². The third-order valence-corrected chi connectivity index (χ3v) is 2.55. The van der Waals surface area contributed by atoms with E-state index in [4.69, 9.17) is 4.74 Å². The third-order valence-electron chi connectivity index (χ3n) is 2.55. The smallest absolute Gasteiger partial charge is 0.0974 e. The fourth-order valence-corrected chi connectivity index (χ4v) is 1.53. The molecule has 2 aliphatic rings. The lowest BCUT2D eigenvalue weighted by Gasteiger charge is -2.29. The van der Waals surface area contributed by atoms with E-state index < -0.39 is 0 Å². The summed E-state index contributed by atoms with van der Waals surface area (Å²) in [5.74, 6) is 0. The molecule has 64 valence electrons. The van der Waals surface area contributed by atoms with Crippen LogP contribution in [0.2, 0.25) is 0 Å². The minimum Gasteiger partial charge on any atom is -0.389 e. The summed E-state index contributed by atoms with van der Waals surface area (Å²) in [4.78, 5) is 0. The van der Waals surface area contributed by atoms with E-state index in [0.717, 1.165) is 6.54 Å². The molecule has 0 radical (unpaired) electrons. The first-order valence-electron chi connectivity index (χ1n) is 4.40. The molecule has 3 heteroatoms. The zero-order valence-electron chi connectivity index (χ0n) is 6.62. The maximum absolute atomic E-state index is 9.37. The Morgan fingerprint density at radius 3 is 2.55 bits per heavy atom. The molecular weight excluding hydrogens is 142 g/mol. The molecule has 0 aromatic carbocycles. The summed E-state index contributed by atoms with van der Waals surface area (Å²) in [5, 5.41) is 12.5. The number of hydrogen-bond donors (Lipinski definition) is 2. The molecule has 2 atom stereocenters. The summed E-state index contributed by atoms with van der Waals surface area (Å²) in [6.45, 7) is 1.51. The molecule has 2 rings (SSSR count). The second-order valence-electron chi connectivity index (χ2n) is 3.45. The first kappa shape index (κ1) is 7.53. The molecule has 0 bridgehead atoms. The number of rotatable bonds is 2. The fourth-order valence-electron chi connectivity index (χ4n) is 1.53. The van der Waals surface area contributed by atoms with E-state index in [2.05, 4.69) is 5.32 Å². The highest BCUT2D eigenvalue weighted by atomic mass is 16.5. The number of aliphatic hydroxyl groups excluding tert-OH is 1. The van der Waals surface area contributed by atoms with Crippen LogP contribution in [-0.4, -0.2) is 36.5 Å². The fraction of sp³-hybridized carbons (Fsp3) is 1.00. The highest BCUT2D eigenvalue weighted by Gasteiger charge is 2.30. The second kappa shape index (κ2) is 3.09. The van der Waals surface area contributed by atoms with Crippen molar-refractivity contribution < 1.29 is 9.84 Å². The van der Waals surface area contributed by atoms with Gasteiger partial charge in [0, 0.05) is 13.1 Å². The molecule has 0 spiro atoms. The molecule has 2 unspecified atom stereocenters. The highest BCUT2D eigenvalue weighted by Crippen LogP contribution is 2.24. The molecule has 0 aromatic rings. The maximum Gasteiger partial charge on any atom is 0.0974 e. The van der Waals surface area contributed by atoms with Gasteiger partial charge in [-0.1, -0.05) is 0 Å². The van der Waals surface area contributed by atoms with Gasteiger partial charge in [0.1, 0.15) is 0 Å². The zero-order chi connectivity index (χ0) is 7.68. The van der Waals surface area contributed by atoms with Gasteiger partial charge in [0.05, 0.1) is 18.3 Å². The maximum atomic E-state index is 9.37. The van der Waals surface area contributed by atoms with Crippen LogP contribution >= 0.6 is 0 Å². The van der Waals surface area contributed by atoms with Crippen LogP contribution in [0.3, 0.4) is 0 Å². The Kier molecular flexibility index (Phi) is 2.11. The van der Waals surface area contributed by atoms with Gasteiger partial charge in [0.15, 0.2) is 0 Å². The van der Waals surface area contributed by atoms with Gasteiger partial charge in [0.25, 0.3) is 0 Å². The lowest BCUT2D eigenvalue weighted by atomic mass is 9.96. The molecule has 1 saturated carbocycles. The predicted octanol–water partition coefficient (Wildman–Crippen LogP) is -0.112. The lowest BCUT2D eigenvalue weighted by molar-refractivity contribution is -0.0813. The normalized spacial score (nSPS) is 39.0. The Labute approximate surface area is 66.7 Å². The largest absolute Gasteiger partial charge is 0.389 e. The minimum absolute atomic E-state index is 0.0558. The first-order valence-corrected chi connectivity index (χ1v) is 4.40. The van der Waals surface area contributed by atoms with E-state index in [1.54, 1.807) is 0 Å². The number of nitrogens with one attached hydrogen (secondary N) is 1. The molecule has 1 heterocycles. The van der Waals surface area contributed by atoms with Gasteiger partial charge in [-0.2, -0.15) is 0 Å². The van der Waals surface area contributed by atoms with Crippen molar-refractivity contribution in [1.82, 2.24) is 5.32 Å². The zero-order valence-corrected chi connectivity index (χ0v) is 6.62. The SMILES string of the molecule is OC1CNCC1OC1CCC1. The quantitative estimate of drug-likeness (QED) is 0.587. The van der Waals surface area contributed by atoms with Crippen molar-refractivity contribution in [3.05, 3.63) is 0 Å². The van der Waals surface area contributed by atoms with E-state index in [0.29, 0.717) is 12.6 Å². The molecule has 11 heavy (non-hydrogen) atoms. The standard InChI is InChI=1S/C8H15NO2/c10-7-4-9-5-8(7)11-6-2-1-3-6/h6-10H,1-5H2. The lowest BCUT2D eigenvalue weighted by Crippen LogP contribution is -2.34. The van der Waals surface area contributed by atoms with Crippen molar-refractivity contribution in [1.29, 1.82) is 0 Å². The van der Waals surface area contributed by atoms with Crippen LogP contribution < -0.4 is 5.32 Å². The van der Waals surface area contributed by atoms with E-state index in [-0.39, 0.29) is 12.2 Å². The number of aliphatic hydroxyl groups is 1.